The number of nitrogens with one attached hydrogen (secondary N) is 1. The maximum Gasteiger partial charge on any atom is 0.283 e. The molecule has 0 aliphatic carbocycles. The zero-order valence-corrected chi connectivity index (χ0v) is 13.5. The number of benzene rings is 1. The third kappa shape index (κ3) is 5.17. The Kier molecular flexibility index (Phi) is 6.42. The van der Waals surface area contributed by atoms with Crippen molar-refractivity contribution in [2.24, 2.45) is 5.41 Å². The van der Waals surface area contributed by atoms with E-state index in [1.807, 2.05) is 13.8 Å². The molecule has 0 fully saturated rings. The highest BCUT2D eigenvalue weighted by atomic mass is 35.5. The lowest BCUT2D eigenvalue weighted by Gasteiger charge is -2.24. The van der Waals surface area contributed by atoms with Crippen molar-refractivity contribution in [1.29, 1.82) is 0 Å². The van der Waals surface area contributed by atoms with Crippen molar-refractivity contribution in [1.82, 2.24) is 5.32 Å². The monoisotopic (exact) mass is 332 g/mol. The van der Waals surface area contributed by atoms with E-state index in [4.69, 9.17) is 23.2 Å². The first-order chi connectivity index (χ1) is 9.78. The van der Waals surface area contributed by atoms with Crippen molar-refractivity contribution in [3.05, 3.63) is 38.9 Å². The molecule has 116 valence electrons. The second kappa shape index (κ2) is 7.61. The Morgan fingerprint density at radius 1 is 1.43 bits per heavy atom. The molecule has 0 heterocycles. The highest BCUT2D eigenvalue weighted by Crippen LogP contribution is 2.27. The Morgan fingerprint density at radius 3 is 2.67 bits per heavy atom. The quantitative estimate of drug-likeness (QED) is 0.465. The summed E-state index contributed by atoms with van der Waals surface area (Å²) in [6, 6.07) is 4.17. The van der Waals surface area contributed by atoms with Crippen LogP contribution in [0.1, 0.15) is 37.0 Å². The molecule has 1 N–H and O–H groups in total. The minimum absolute atomic E-state index is 0.0697. The van der Waals surface area contributed by atoms with Crippen LogP contribution in [0.5, 0.6) is 0 Å². The molecule has 0 aliphatic heterocycles. The van der Waals surface area contributed by atoms with Gasteiger partial charge in [-0.25, -0.2) is 0 Å². The Bertz CT molecular complexity index is 533. The summed E-state index contributed by atoms with van der Waals surface area (Å²) in [5, 5.41) is 13.8. The number of rotatable bonds is 7. The molecule has 0 bridgehead atoms. The third-order valence-electron chi connectivity index (χ3n) is 3.13. The second-order valence-corrected chi connectivity index (χ2v) is 6.32. The van der Waals surface area contributed by atoms with Gasteiger partial charge in [-0.3, -0.25) is 14.9 Å². The number of nitro benzene ring substituents is 1. The fraction of sp³-hybridized carbons (Fsp3) is 0.500. The van der Waals surface area contributed by atoms with Crippen LogP contribution in [0.25, 0.3) is 0 Å². The molecular formula is C14H18Cl2N2O3. The van der Waals surface area contributed by atoms with Crippen LogP contribution in [0, 0.1) is 15.5 Å². The van der Waals surface area contributed by atoms with Gasteiger partial charge in [0.1, 0.15) is 5.56 Å². The van der Waals surface area contributed by atoms with Gasteiger partial charge >= 0.3 is 0 Å². The first kappa shape index (κ1) is 17.7. The molecule has 1 aromatic rings. The van der Waals surface area contributed by atoms with Gasteiger partial charge in [0, 0.05) is 18.5 Å². The van der Waals surface area contributed by atoms with Gasteiger partial charge in [-0.2, -0.15) is 0 Å². The molecule has 21 heavy (non-hydrogen) atoms. The predicted molar refractivity (Wildman–Crippen MR) is 84.2 cm³/mol. The molecule has 5 nitrogen and oxygen atoms in total. The standard InChI is InChI=1S/C14H18Cl2N2O3/c1-14(2,7-4-8-15)9-17-13(19)12-10(16)5-3-6-11(12)18(20)21/h3,5-6H,4,7-9H2,1-2H3,(H,17,19). The molecule has 1 amide bonds. The van der Waals surface area contributed by atoms with E-state index < -0.39 is 10.8 Å². The number of hydrogen-bond donors (Lipinski definition) is 1. The molecule has 0 spiro atoms. The molecule has 0 radical (unpaired) electrons. The van der Waals surface area contributed by atoms with Gasteiger partial charge < -0.3 is 5.32 Å². The predicted octanol–water partition coefficient (Wildman–Crippen LogP) is 4.02. The summed E-state index contributed by atoms with van der Waals surface area (Å²) in [7, 11) is 0. The zero-order valence-electron chi connectivity index (χ0n) is 12.0. The van der Waals surface area contributed by atoms with Crippen LogP contribution in [0.2, 0.25) is 5.02 Å². The van der Waals surface area contributed by atoms with E-state index in [0.717, 1.165) is 12.8 Å². The molecule has 0 atom stereocenters. The molecule has 1 rings (SSSR count). The van der Waals surface area contributed by atoms with Gasteiger partial charge in [0.2, 0.25) is 0 Å². The van der Waals surface area contributed by atoms with Crippen molar-refractivity contribution in [3.8, 4) is 0 Å². The maximum absolute atomic E-state index is 12.2. The van der Waals surface area contributed by atoms with Crippen molar-refractivity contribution in [2.45, 2.75) is 26.7 Å². The van der Waals surface area contributed by atoms with Crippen LogP contribution < -0.4 is 5.32 Å². The summed E-state index contributed by atoms with van der Waals surface area (Å²) in [6.07, 6.45) is 1.69. The third-order valence-corrected chi connectivity index (χ3v) is 3.71. The smallest absolute Gasteiger partial charge is 0.283 e. The Labute approximate surface area is 133 Å². The van der Waals surface area contributed by atoms with Crippen LogP contribution >= 0.6 is 23.2 Å². The van der Waals surface area contributed by atoms with Gasteiger partial charge in [0.15, 0.2) is 0 Å². The van der Waals surface area contributed by atoms with Crippen LogP contribution in [0.3, 0.4) is 0 Å². The van der Waals surface area contributed by atoms with Crippen LogP contribution in [0.4, 0.5) is 5.69 Å². The van der Waals surface area contributed by atoms with Crippen LogP contribution in [-0.4, -0.2) is 23.3 Å². The molecular weight excluding hydrogens is 315 g/mol. The summed E-state index contributed by atoms with van der Waals surface area (Å²) >= 11 is 11.6. The Balaban J connectivity index is 2.84. The summed E-state index contributed by atoms with van der Waals surface area (Å²) < 4.78 is 0. The average Bonchev–Trinajstić information content (AvgIpc) is 2.42. The fourth-order valence-electron chi connectivity index (χ4n) is 1.93. The molecule has 7 heteroatoms. The SMILES string of the molecule is CC(C)(CCCCl)CNC(=O)c1c(Cl)cccc1[N+](=O)[O-]. The van der Waals surface area contributed by atoms with E-state index in [1.165, 1.54) is 18.2 Å². The van der Waals surface area contributed by atoms with Crippen LogP contribution in [-0.2, 0) is 0 Å². The topological polar surface area (TPSA) is 72.2 Å². The number of carbonyl (C=O) groups is 1. The molecule has 1 aromatic carbocycles. The second-order valence-electron chi connectivity index (χ2n) is 5.53. The lowest BCUT2D eigenvalue weighted by atomic mass is 9.88. The van der Waals surface area contributed by atoms with Gasteiger partial charge in [0.05, 0.1) is 9.95 Å². The first-order valence-electron chi connectivity index (χ1n) is 6.55. The van der Waals surface area contributed by atoms with Crippen LogP contribution in [0.15, 0.2) is 18.2 Å². The zero-order chi connectivity index (χ0) is 16.0. The highest BCUT2D eigenvalue weighted by Gasteiger charge is 2.25. The van der Waals surface area contributed by atoms with E-state index in [-0.39, 0.29) is 21.7 Å². The molecule has 0 aromatic heterocycles. The van der Waals surface area contributed by atoms with E-state index in [2.05, 4.69) is 5.32 Å². The highest BCUT2D eigenvalue weighted by molar-refractivity contribution is 6.34. The number of hydrogen-bond acceptors (Lipinski definition) is 3. The van der Waals surface area contributed by atoms with Gasteiger partial charge in [-0.15, -0.1) is 11.6 Å². The van der Waals surface area contributed by atoms with Gasteiger partial charge in [0.25, 0.3) is 11.6 Å². The number of alkyl halides is 1. The molecule has 0 saturated heterocycles. The lowest BCUT2D eigenvalue weighted by Crippen LogP contribution is -2.34. The number of halogens is 2. The first-order valence-corrected chi connectivity index (χ1v) is 7.47. The largest absolute Gasteiger partial charge is 0.351 e. The van der Waals surface area contributed by atoms with E-state index in [0.29, 0.717) is 12.4 Å². The maximum atomic E-state index is 12.2. The summed E-state index contributed by atoms with van der Waals surface area (Å²) in [5.74, 6) is 0.0270. The number of nitro groups is 1. The lowest BCUT2D eigenvalue weighted by molar-refractivity contribution is -0.385. The molecule has 0 saturated carbocycles. The normalized spacial score (nSPS) is 11.2. The Hall–Kier alpha value is -1.33. The minimum atomic E-state index is -0.612. The van der Waals surface area contributed by atoms with Crippen molar-refractivity contribution in [2.75, 3.05) is 12.4 Å². The van der Waals surface area contributed by atoms with E-state index in [1.54, 1.807) is 0 Å². The van der Waals surface area contributed by atoms with Crippen molar-refractivity contribution >= 4 is 34.8 Å². The summed E-state index contributed by atoms with van der Waals surface area (Å²) in [5.41, 5.74) is -0.531. The Morgan fingerprint density at radius 2 is 2.10 bits per heavy atom. The van der Waals surface area contributed by atoms with Gasteiger partial charge in [-0.1, -0.05) is 31.5 Å². The number of amides is 1. The number of carbonyl (C=O) groups excluding carboxylic acids is 1. The van der Waals surface area contributed by atoms with Gasteiger partial charge in [-0.05, 0) is 24.3 Å². The van der Waals surface area contributed by atoms with E-state index in [9.17, 15) is 14.9 Å². The summed E-state index contributed by atoms with van der Waals surface area (Å²) in [6.45, 7) is 4.40. The molecule has 0 unspecified atom stereocenters. The summed E-state index contributed by atoms with van der Waals surface area (Å²) in [4.78, 5) is 22.5. The number of nitrogens with zero attached hydrogens (tertiary/aromatic N) is 1. The minimum Gasteiger partial charge on any atom is -0.351 e. The van der Waals surface area contributed by atoms with Crippen molar-refractivity contribution < 1.29 is 9.72 Å². The fourth-order valence-corrected chi connectivity index (χ4v) is 2.32. The molecule has 0 aliphatic rings. The average molecular weight is 333 g/mol. The van der Waals surface area contributed by atoms with Crippen molar-refractivity contribution in [3.63, 3.8) is 0 Å². The van der Waals surface area contributed by atoms with E-state index >= 15 is 0 Å².